The molecule has 3 aromatic rings. The summed E-state index contributed by atoms with van der Waals surface area (Å²) in [6, 6.07) is 21.3. The third-order valence-electron chi connectivity index (χ3n) is 4.91. The Kier molecular flexibility index (Phi) is 7.71. The zero-order valence-electron chi connectivity index (χ0n) is 18.1. The van der Waals surface area contributed by atoms with Crippen LogP contribution < -0.4 is 4.74 Å². The van der Waals surface area contributed by atoms with Crippen LogP contribution in [0.25, 0.3) is 0 Å². The second kappa shape index (κ2) is 10.2. The Balaban J connectivity index is 1.93. The molecule has 0 aliphatic carbocycles. The predicted molar refractivity (Wildman–Crippen MR) is 115 cm³/mol. The van der Waals surface area contributed by atoms with Gasteiger partial charge in [0.2, 0.25) is 0 Å². The summed E-state index contributed by atoms with van der Waals surface area (Å²) in [6.07, 6.45) is -12.0. The Morgan fingerprint density at radius 1 is 0.800 bits per heavy atom. The summed E-state index contributed by atoms with van der Waals surface area (Å²) in [5.74, 6) is -0.824. The van der Waals surface area contributed by atoms with E-state index in [1.807, 2.05) is 30.3 Å². The summed E-state index contributed by atoms with van der Waals surface area (Å²) in [4.78, 5) is 14.2. The van der Waals surface area contributed by atoms with E-state index in [0.717, 1.165) is 9.79 Å². The van der Waals surface area contributed by atoms with Crippen molar-refractivity contribution in [2.75, 3.05) is 13.7 Å². The van der Waals surface area contributed by atoms with Crippen LogP contribution in [0, 0.1) is 0 Å². The molecule has 4 nitrogen and oxygen atoms in total. The molecule has 1 atom stereocenters. The van der Waals surface area contributed by atoms with Crippen LogP contribution in [-0.4, -0.2) is 42.7 Å². The highest BCUT2D eigenvalue weighted by Gasteiger charge is 2.71. The molecular formula is C24H19F6O4S+. The normalized spacial score (nSPS) is 13.3. The van der Waals surface area contributed by atoms with Crippen LogP contribution in [0.2, 0.25) is 0 Å². The molecule has 1 unspecified atom stereocenters. The lowest BCUT2D eigenvalue weighted by Crippen LogP contribution is -2.60. The van der Waals surface area contributed by atoms with Crippen molar-refractivity contribution < 1.29 is 45.7 Å². The van der Waals surface area contributed by atoms with Gasteiger partial charge in [-0.05, 0) is 48.5 Å². The van der Waals surface area contributed by atoms with Gasteiger partial charge in [0.25, 0.3) is 5.60 Å². The topological polar surface area (TPSA) is 55.8 Å². The SMILES string of the molecule is COC(=O)c1cccc([S+](c2ccccc2)c2ccc(OCC(O)(C(F)(F)F)C(F)(F)F)cc2)c1. The number of esters is 1. The highest BCUT2D eigenvalue weighted by molar-refractivity contribution is 7.97. The van der Waals surface area contributed by atoms with E-state index in [-0.39, 0.29) is 5.75 Å². The molecule has 35 heavy (non-hydrogen) atoms. The number of carbonyl (C=O) groups is 1. The third-order valence-corrected chi connectivity index (χ3v) is 7.13. The molecule has 0 amide bonds. The average Bonchev–Trinajstić information content (AvgIpc) is 2.82. The van der Waals surface area contributed by atoms with Crippen molar-refractivity contribution in [3.63, 3.8) is 0 Å². The van der Waals surface area contributed by atoms with E-state index in [9.17, 15) is 36.2 Å². The molecule has 0 radical (unpaired) electrons. The molecule has 0 bridgehead atoms. The molecule has 186 valence electrons. The van der Waals surface area contributed by atoms with E-state index in [4.69, 9.17) is 4.74 Å². The molecule has 0 saturated heterocycles. The monoisotopic (exact) mass is 517 g/mol. The molecule has 0 aliphatic rings. The van der Waals surface area contributed by atoms with Crippen molar-refractivity contribution in [3.05, 3.63) is 84.4 Å². The third kappa shape index (κ3) is 5.73. The van der Waals surface area contributed by atoms with Gasteiger partial charge in [-0.15, -0.1) is 0 Å². The van der Waals surface area contributed by atoms with Gasteiger partial charge in [0.05, 0.1) is 23.6 Å². The number of halogens is 6. The largest absolute Gasteiger partial charge is 0.490 e. The number of carbonyl (C=O) groups excluding carboxylic acids is 1. The maximum absolute atomic E-state index is 12.9. The van der Waals surface area contributed by atoms with Gasteiger partial charge in [-0.25, -0.2) is 4.79 Å². The van der Waals surface area contributed by atoms with Crippen LogP contribution >= 0.6 is 0 Å². The number of benzene rings is 3. The van der Waals surface area contributed by atoms with Crippen LogP contribution in [0.1, 0.15) is 10.4 Å². The molecule has 0 spiro atoms. The first kappa shape index (κ1) is 26.4. The van der Waals surface area contributed by atoms with Crippen LogP contribution in [-0.2, 0) is 15.6 Å². The van der Waals surface area contributed by atoms with E-state index < -0.39 is 41.4 Å². The van der Waals surface area contributed by atoms with Crippen LogP contribution in [0.3, 0.4) is 0 Å². The maximum atomic E-state index is 12.9. The fourth-order valence-electron chi connectivity index (χ4n) is 3.02. The van der Waals surface area contributed by atoms with Gasteiger partial charge in [-0.3, -0.25) is 0 Å². The van der Waals surface area contributed by atoms with Crippen LogP contribution in [0.4, 0.5) is 26.3 Å². The van der Waals surface area contributed by atoms with Gasteiger partial charge in [0.1, 0.15) is 12.4 Å². The first-order valence-electron chi connectivity index (χ1n) is 9.94. The minimum atomic E-state index is -5.98. The van der Waals surface area contributed by atoms with Crippen molar-refractivity contribution in [1.29, 1.82) is 0 Å². The zero-order chi connectivity index (χ0) is 25.9. The summed E-state index contributed by atoms with van der Waals surface area (Å²) in [5.41, 5.74) is -4.70. The van der Waals surface area contributed by atoms with Gasteiger partial charge in [-0.2, -0.15) is 26.3 Å². The number of methoxy groups -OCH3 is 1. The lowest BCUT2D eigenvalue weighted by atomic mass is 10.0. The summed E-state index contributed by atoms with van der Waals surface area (Å²) >= 11 is 0. The summed E-state index contributed by atoms with van der Waals surface area (Å²) in [7, 11) is 0.480. The zero-order valence-corrected chi connectivity index (χ0v) is 18.9. The van der Waals surface area contributed by atoms with E-state index in [1.165, 1.54) is 31.4 Å². The maximum Gasteiger partial charge on any atom is 0.429 e. The highest BCUT2D eigenvalue weighted by atomic mass is 32.2. The Morgan fingerprint density at radius 3 is 1.89 bits per heavy atom. The lowest BCUT2D eigenvalue weighted by molar-refractivity contribution is -0.373. The van der Waals surface area contributed by atoms with Gasteiger partial charge < -0.3 is 14.6 Å². The summed E-state index contributed by atoms with van der Waals surface area (Å²) in [6.45, 7) is -2.05. The minimum Gasteiger partial charge on any atom is -0.490 e. The summed E-state index contributed by atoms with van der Waals surface area (Å²) in [5, 5.41) is 9.27. The molecule has 0 aliphatic heterocycles. The van der Waals surface area contributed by atoms with Gasteiger partial charge in [-0.1, -0.05) is 24.3 Å². The first-order chi connectivity index (χ1) is 16.4. The molecular weight excluding hydrogens is 498 g/mol. The number of hydrogen-bond donors (Lipinski definition) is 1. The van der Waals surface area contributed by atoms with Gasteiger partial charge in [0, 0.05) is 6.07 Å². The van der Waals surface area contributed by atoms with E-state index in [1.54, 1.807) is 24.3 Å². The number of hydrogen-bond acceptors (Lipinski definition) is 4. The Labute approximate surface area is 199 Å². The molecule has 0 saturated carbocycles. The van der Waals surface area contributed by atoms with Gasteiger partial charge in [0.15, 0.2) is 14.7 Å². The Morgan fingerprint density at radius 2 is 1.34 bits per heavy atom. The fraction of sp³-hybridized carbons (Fsp3) is 0.208. The molecule has 0 aromatic heterocycles. The van der Waals surface area contributed by atoms with Crippen molar-refractivity contribution in [2.24, 2.45) is 0 Å². The number of aliphatic hydroxyl groups is 1. The van der Waals surface area contributed by atoms with Crippen molar-refractivity contribution in [3.8, 4) is 5.75 Å². The molecule has 0 heterocycles. The van der Waals surface area contributed by atoms with Crippen molar-refractivity contribution >= 4 is 16.9 Å². The molecule has 11 heteroatoms. The van der Waals surface area contributed by atoms with E-state index in [2.05, 4.69) is 4.74 Å². The first-order valence-corrected chi connectivity index (χ1v) is 11.2. The van der Waals surface area contributed by atoms with Crippen LogP contribution in [0.5, 0.6) is 5.75 Å². The average molecular weight is 517 g/mol. The second-order valence-corrected chi connectivity index (χ2v) is 9.28. The van der Waals surface area contributed by atoms with Crippen LogP contribution in [0.15, 0.2) is 93.5 Å². The molecule has 0 fully saturated rings. The summed E-state index contributed by atoms with van der Waals surface area (Å²) < 4.78 is 86.7. The quantitative estimate of drug-likeness (QED) is 0.245. The number of rotatable bonds is 7. The van der Waals surface area contributed by atoms with E-state index >= 15 is 0 Å². The van der Waals surface area contributed by atoms with Crippen molar-refractivity contribution in [2.45, 2.75) is 32.6 Å². The molecule has 3 aromatic carbocycles. The van der Waals surface area contributed by atoms with E-state index in [0.29, 0.717) is 10.5 Å². The molecule has 3 rings (SSSR count). The number of alkyl halides is 6. The Bertz CT molecular complexity index is 1130. The number of ether oxygens (including phenoxy) is 2. The van der Waals surface area contributed by atoms with Crippen molar-refractivity contribution in [1.82, 2.24) is 0 Å². The minimum absolute atomic E-state index is 0.291. The highest BCUT2D eigenvalue weighted by Crippen LogP contribution is 2.43. The standard InChI is InChI=1S/C24H19F6O4S/c1-33-21(31)16-6-5-9-20(14-16)35(18-7-3-2-4-8-18)19-12-10-17(11-13-19)34-15-22(32,23(25,26)27)24(28,29)30/h2-14,32H,15H2,1H3/q+1. The molecule has 1 N–H and O–H groups in total. The smallest absolute Gasteiger partial charge is 0.429 e. The predicted octanol–water partition coefficient (Wildman–Crippen LogP) is 5.80. The fourth-order valence-corrected chi connectivity index (χ4v) is 5.13. The van der Waals surface area contributed by atoms with Gasteiger partial charge >= 0.3 is 18.3 Å². The second-order valence-electron chi connectivity index (χ2n) is 7.25. The lowest BCUT2D eigenvalue weighted by Gasteiger charge is -2.31. The Hall–Kier alpha value is -3.18.